The number of aromatic nitrogens is 3. The van der Waals surface area contributed by atoms with Crippen molar-refractivity contribution in [2.45, 2.75) is 12.8 Å². The fraction of sp³-hybridized carbons (Fsp3) is 0.273. The van der Waals surface area contributed by atoms with Crippen LogP contribution >= 0.6 is 23.2 Å². The van der Waals surface area contributed by atoms with Gasteiger partial charge in [0.2, 0.25) is 0 Å². The van der Waals surface area contributed by atoms with Crippen molar-refractivity contribution in [1.82, 2.24) is 15.0 Å². The maximum atomic E-state index is 13.7. The van der Waals surface area contributed by atoms with E-state index in [1.165, 1.54) is 10.7 Å². The Hall–Kier alpha value is -1.13. The zero-order valence-corrected chi connectivity index (χ0v) is 10.4. The average molecular weight is 274 g/mol. The van der Waals surface area contributed by atoms with Gasteiger partial charge in [0.25, 0.3) is 0 Å². The Morgan fingerprint density at radius 3 is 2.94 bits per heavy atom. The van der Waals surface area contributed by atoms with Crippen LogP contribution in [0, 0.1) is 5.82 Å². The van der Waals surface area contributed by atoms with Gasteiger partial charge in [-0.3, -0.25) is 0 Å². The zero-order valence-electron chi connectivity index (χ0n) is 8.91. The first-order valence-electron chi connectivity index (χ1n) is 5.14. The Balaban J connectivity index is 2.27. The van der Waals surface area contributed by atoms with Crippen LogP contribution in [0.3, 0.4) is 0 Å². The Labute approximate surface area is 108 Å². The minimum absolute atomic E-state index is 0.0697. The van der Waals surface area contributed by atoms with Crippen LogP contribution in [0.15, 0.2) is 24.4 Å². The van der Waals surface area contributed by atoms with Gasteiger partial charge in [0, 0.05) is 5.88 Å². The minimum atomic E-state index is -0.497. The molecular weight excluding hydrogens is 264 g/mol. The van der Waals surface area contributed by atoms with Crippen LogP contribution in [0.1, 0.15) is 12.1 Å². The van der Waals surface area contributed by atoms with E-state index in [9.17, 15) is 4.39 Å². The van der Waals surface area contributed by atoms with Crippen molar-refractivity contribution >= 4 is 23.2 Å². The van der Waals surface area contributed by atoms with Gasteiger partial charge in [0.15, 0.2) is 5.82 Å². The molecule has 1 heterocycles. The molecule has 0 aliphatic rings. The van der Waals surface area contributed by atoms with Gasteiger partial charge in [-0.25, -0.2) is 9.07 Å². The highest BCUT2D eigenvalue weighted by Gasteiger charge is 2.10. The predicted molar refractivity (Wildman–Crippen MR) is 65.4 cm³/mol. The van der Waals surface area contributed by atoms with Crippen molar-refractivity contribution in [1.29, 1.82) is 0 Å². The van der Waals surface area contributed by atoms with E-state index in [0.717, 1.165) is 18.5 Å². The number of benzene rings is 1. The molecule has 0 atom stereocenters. The van der Waals surface area contributed by atoms with Crippen LogP contribution in [-0.4, -0.2) is 20.9 Å². The van der Waals surface area contributed by atoms with Gasteiger partial charge >= 0.3 is 0 Å². The van der Waals surface area contributed by atoms with Gasteiger partial charge < -0.3 is 0 Å². The summed E-state index contributed by atoms with van der Waals surface area (Å²) in [6.45, 7) is 0. The lowest BCUT2D eigenvalue weighted by Gasteiger charge is -2.02. The monoisotopic (exact) mass is 273 g/mol. The van der Waals surface area contributed by atoms with Crippen molar-refractivity contribution in [3.05, 3.63) is 40.9 Å². The number of alkyl halides is 1. The SMILES string of the molecule is Fc1c(Cl)cccc1-n1cc(CCCCl)nn1. The largest absolute Gasteiger partial charge is 0.217 e. The van der Waals surface area contributed by atoms with Gasteiger partial charge in [0.1, 0.15) is 5.69 Å². The third-order valence-electron chi connectivity index (χ3n) is 2.29. The van der Waals surface area contributed by atoms with Gasteiger partial charge in [-0.1, -0.05) is 22.9 Å². The van der Waals surface area contributed by atoms with Gasteiger partial charge in [-0.05, 0) is 25.0 Å². The Morgan fingerprint density at radius 1 is 1.35 bits per heavy atom. The van der Waals surface area contributed by atoms with E-state index >= 15 is 0 Å². The molecule has 0 N–H and O–H groups in total. The molecule has 90 valence electrons. The van der Waals surface area contributed by atoms with Crippen LogP contribution in [-0.2, 0) is 6.42 Å². The normalized spacial score (nSPS) is 10.8. The van der Waals surface area contributed by atoms with E-state index in [2.05, 4.69) is 10.3 Å². The number of halogens is 3. The molecule has 0 fully saturated rings. The quantitative estimate of drug-likeness (QED) is 0.801. The van der Waals surface area contributed by atoms with Crippen molar-refractivity contribution in [3.63, 3.8) is 0 Å². The van der Waals surface area contributed by atoms with E-state index in [1.54, 1.807) is 18.3 Å². The molecule has 0 saturated heterocycles. The highest BCUT2D eigenvalue weighted by molar-refractivity contribution is 6.30. The maximum Gasteiger partial charge on any atom is 0.167 e. The molecule has 17 heavy (non-hydrogen) atoms. The number of nitrogens with zero attached hydrogens (tertiary/aromatic N) is 3. The molecule has 3 nitrogen and oxygen atoms in total. The fourth-order valence-corrected chi connectivity index (χ4v) is 1.75. The van der Waals surface area contributed by atoms with E-state index in [-0.39, 0.29) is 5.02 Å². The third kappa shape index (κ3) is 2.76. The average Bonchev–Trinajstić information content (AvgIpc) is 2.78. The lowest BCUT2D eigenvalue weighted by atomic mass is 10.2. The Bertz CT molecular complexity index is 513. The van der Waals surface area contributed by atoms with Crippen LogP contribution in [0.5, 0.6) is 0 Å². The second-order valence-corrected chi connectivity index (χ2v) is 4.31. The molecule has 0 unspecified atom stereocenters. The number of hydrogen-bond donors (Lipinski definition) is 0. The molecule has 0 aliphatic carbocycles. The first-order chi connectivity index (χ1) is 8.22. The second-order valence-electron chi connectivity index (χ2n) is 3.52. The van der Waals surface area contributed by atoms with Crippen molar-refractivity contribution < 1.29 is 4.39 Å². The van der Waals surface area contributed by atoms with E-state index in [4.69, 9.17) is 23.2 Å². The molecule has 0 bridgehead atoms. The van der Waals surface area contributed by atoms with E-state index in [0.29, 0.717) is 11.6 Å². The number of hydrogen-bond acceptors (Lipinski definition) is 2. The summed E-state index contributed by atoms with van der Waals surface area (Å²) in [6, 6.07) is 4.76. The number of aryl methyl sites for hydroxylation is 1. The summed E-state index contributed by atoms with van der Waals surface area (Å²) in [5.74, 6) is 0.0706. The Kier molecular flexibility index (Phi) is 3.97. The van der Waals surface area contributed by atoms with Crippen LogP contribution in [0.4, 0.5) is 4.39 Å². The predicted octanol–water partition coefficient (Wildman–Crippen LogP) is 3.23. The van der Waals surface area contributed by atoms with E-state index < -0.39 is 5.82 Å². The smallest absolute Gasteiger partial charge is 0.167 e. The summed E-state index contributed by atoms with van der Waals surface area (Å²) in [5.41, 5.74) is 1.08. The summed E-state index contributed by atoms with van der Waals surface area (Å²) < 4.78 is 15.1. The molecule has 6 heteroatoms. The van der Waals surface area contributed by atoms with Crippen molar-refractivity contribution in [3.8, 4) is 5.69 Å². The van der Waals surface area contributed by atoms with Gasteiger partial charge in [0.05, 0.1) is 16.9 Å². The Morgan fingerprint density at radius 2 is 2.18 bits per heavy atom. The topological polar surface area (TPSA) is 30.7 Å². The lowest BCUT2D eigenvalue weighted by molar-refractivity contribution is 0.607. The van der Waals surface area contributed by atoms with Gasteiger partial charge in [-0.15, -0.1) is 16.7 Å². The fourth-order valence-electron chi connectivity index (χ4n) is 1.45. The molecule has 0 aliphatic heterocycles. The lowest BCUT2D eigenvalue weighted by Crippen LogP contribution is -1.98. The number of rotatable bonds is 4. The molecule has 0 radical (unpaired) electrons. The van der Waals surface area contributed by atoms with Crippen LogP contribution in [0.25, 0.3) is 5.69 Å². The molecular formula is C11H10Cl2FN3. The zero-order chi connectivity index (χ0) is 12.3. The first-order valence-corrected chi connectivity index (χ1v) is 6.05. The van der Waals surface area contributed by atoms with Crippen molar-refractivity contribution in [2.75, 3.05) is 5.88 Å². The third-order valence-corrected chi connectivity index (χ3v) is 2.84. The summed E-state index contributed by atoms with van der Waals surface area (Å²) in [6.07, 6.45) is 3.23. The molecule has 2 rings (SSSR count). The maximum absolute atomic E-state index is 13.7. The minimum Gasteiger partial charge on any atom is -0.217 e. The standard InChI is InChI=1S/C11H10Cl2FN3/c12-6-2-3-8-7-17(16-15-8)10-5-1-4-9(13)11(10)14/h1,4-5,7H,2-3,6H2. The summed E-state index contributed by atoms with van der Waals surface area (Å²) in [4.78, 5) is 0. The highest BCUT2D eigenvalue weighted by atomic mass is 35.5. The molecule has 0 amide bonds. The highest BCUT2D eigenvalue weighted by Crippen LogP contribution is 2.20. The molecule has 2 aromatic rings. The molecule has 1 aromatic carbocycles. The summed E-state index contributed by atoms with van der Waals surface area (Å²) in [5, 5.41) is 7.88. The second kappa shape index (κ2) is 5.47. The molecule has 1 aromatic heterocycles. The molecule has 0 saturated carbocycles. The van der Waals surface area contributed by atoms with Crippen molar-refractivity contribution in [2.24, 2.45) is 0 Å². The molecule has 0 spiro atoms. The van der Waals surface area contributed by atoms with Crippen LogP contribution in [0.2, 0.25) is 5.02 Å². The summed E-state index contributed by atoms with van der Waals surface area (Å²) >= 11 is 11.3. The summed E-state index contributed by atoms with van der Waals surface area (Å²) in [7, 11) is 0. The van der Waals surface area contributed by atoms with Gasteiger partial charge in [-0.2, -0.15) is 0 Å². The first kappa shape index (κ1) is 12.3. The van der Waals surface area contributed by atoms with Crippen LogP contribution < -0.4 is 0 Å². The van der Waals surface area contributed by atoms with E-state index in [1.807, 2.05) is 0 Å².